The lowest BCUT2D eigenvalue weighted by Crippen LogP contribution is -2.22. The van der Waals surface area contributed by atoms with Crippen LogP contribution in [0.4, 0.5) is 5.69 Å². The van der Waals surface area contributed by atoms with Crippen molar-refractivity contribution in [2.45, 2.75) is 46.7 Å². The average molecular weight is 539 g/mol. The van der Waals surface area contributed by atoms with Crippen LogP contribution in [-0.4, -0.2) is 22.1 Å². The second-order valence-electron chi connectivity index (χ2n) is 7.84. The molecule has 1 heterocycles. The average Bonchev–Trinajstić information content (AvgIpc) is 3.06. The number of imidazole rings is 1. The van der Waals surface area contributed by atoms with Gasteiger partial charge < -0.3 is 14.6 Å². The maximum atomic E-state index is 12.9. The Morgan fingerprint density at radius 1 is 1.12 bits per heavy atom. The molecule has 0 radical (unpaired) electrons. The SMILES string of the molecule is CCOC(=O)c1nc(Br)n(C(C)C)c1C(Nc1cc(Cl)ccc1C)c1ccc(Cl)cc1C. The lowest BCUT2D eigenvalue weighted by Gasteiger charge is -2.27. The molecule has 5 nitrogen and oxygen atoms in total. The maximum Gasteiger partial charge on any atom is 0.358 e. The van der Waals surface area contributed by atoms with E-state index in [2.05, 4.69) is 26.2 Å². The molecule has 0 aliphatic rings. The van der Waals surface area contributed by atoms with E-state index in [-0.39, 0.29) is 18.3 Å². The summed E-state index contributed by atoms with van der Waals surface area (Å²) in [6.45, 7) is 10.1. The summed E-state index contributed by atoms with van der Waals surface area (Å²) in [6, 6.07) is 11.0. The van der Waals surface area contributed by atoms with E-state index in [1.54, 1.807) is 6.92 Å². The minimum Gasteiger partial charge on any atom is -0.461 e. The number of hydrogen-bond acceptors (Lipinski definition) is 4. The summed E-state index contributed by atoms with van der Waals surface area (Å²) >= 11 is 16.1. The number of rotatable bonds is 7. The van der Waals surface area contributed by atoms with Crippen LogP contribution in [0.15, 0.2) is 41.1 Å². The molecule has 8 heteroatoms. The molecule has 0 aliphatic carbocycles. The van der Waals surface area contributed by atoms with Crippen LogP contribution in [0.1, 0.15) is 65.7 Å². The van der Waals surface area contributed by atoms with Crippen LogP contribution >= 0.6 is 39.1 Å². The summed E-state index contributed by atoms with van der Waals surface area (Å²) in [6.07, 6.45) is 0. The topological polar surface area (TPSA) is 56.1 Å². The van der Waals surface area contributed by atoms with Crippen LogP contribution in [0.3, 0.4) is 0 Å². The normalized spacial score (nSPS) is 12.2. The van der Waals surface area contributed by atoms with Crippen molar-refractivity contribution < 1.29 is 9.53 Å². The van der Waals surface area contributed by atoms with Gasteiger partial charge in [-0.1, -0.05) is 35.3 Å². The molecule has 0 fully saturated rings. The number of ether oxygens (including phenoxy) is 1. The molecule has 170 valence electrons. The summed E-state index contributed by atoms with van der Waals surface area (Å²) in [5, 5.41) is 4.88. The summed E-state index contributed by atoms with van der Waals surface area (Å²) < 4.78 is 7.90. The van der Waals surface area contributed by atoms with Gasteiger partial charge in [-0.05, 0) is 91.5 Å². The predicted octanol–water partition coefficient (Wildman–Crippen LogP) is 7.53. The Morgan fingerprint density at radius 3 is 2.41 bits per heavy atom. The molecule has 3 rings (SSSR count). The van der Waals surface area contributed by atoms with E-state index in [0.29, 0.717) is 20.5 Å². The third kappa shape index (κ3) is 5.13. The highest BCUT2D eigenvalue weighted by Crippen LogP contribution is 2.37. The standard InChI is InChI=1S/C24H26BrCl2N3O2/c1-6-32-23(31)21-22(30(13(2)3)24(25)29-21)20(18-10-9-16(26)11-15(18)5)28-19-12-17(27)8-7-14(19)4/h7-13,20,28H,6H2,1-5H3. The summed E-state index contributed by atoms with van der Waals surface area (Å²) in [5.41, 5.74) is 4.80. The second kappa shape index (κ2) is 10.3. The zero-order chi connectivity index (χ0) is 23.6. The van der Waals surface area contributed by atoms with Crippen molar-refractivity contribution in [2.24, 2.45) is 0 Å². The Morgan fingerprint density at radius 2 is 1.78 bits per heavy atom. The third-order valence-electron chi connectivity index (χ3n) is 5.21. The minimum atomic E-state index is -0.469. The first-order valence-electron chi connectivity index (χ1n) is 10.4. The van der Waals surface area contributed by atoms with E-state index in [9.17, 15) is 4.79 Å². The number of aryl methyl sites for hydroxylation is 2. The quantitative estimate of drug-likeness (QED) is 0.316. The Hall–Kier alpha value is -2.02. The molecule has 1 atom stereocenters. The highest BCUT2D eigenvalue weighted by molar-refractivity contribution is 9.10. The lowest BCUT2D eigenvalue weighted by molar-refractivity contribution is 0.0518. The van der Waals surface area contributed by atoms with E-state index in [1.807, 2.05) is 68.7 Å². The first kappa shape index (κ1) is 24.6. The molecular weight excluding hydrogens is 513 g/mol. The van der Waals surface area contributed by atoms with Gasteiger partial charge in [-0.15, -0.1) is 0 Å². The largest absolute Gasteiger partial charge is 0.461 e. The van der Waals surface area contributed by atoms with Crippen LogP contribution in [0.25, 0.3) is 0 Å². The molecule has 0 aliphatic heterocycles. The van der Waals surface area contributed by atoms with Gasteiger partial charge in [0.25, 0.3) is 0 Å². The highest BCUT2D eigenvalue weighted by atomic mass is 79.9. The van der Waals surface area contributed by atoms with E-state index < -0.39 is 12.0 Å². The minimum absolute atomic E-state index is 0.0346. The fourth-order valence-electron chi connectivity index (χ4n) is 3.70. The molecule has 0 spiro atoms. The summed E-state index contributed by atoms with van der Waals surface area (Å²) in [5.74, 6) is -0.469. The Labute approximate surface area is 207 Å². The fraction of sp³-hybridized carbons (Fsp3) is 0.333. The second-order valence-corrected chi connectivity index (χ2v) is 9.42. The number of carbonyl (C=O) groups excluding carboxylic acids is 1. The van der Waals surface area contributed by atoms with Crippen LogP contribution in [0.5, 0.6) is 0 Å². The van der Waals surface area contributed by atoms with Crippen LogP contribution in [-0.2, 0) is 4.74 Å². The number of halogens is 3. The van der Waals surface area contributed by atoms with Gasteiger partial charge in [0.15, 0.2) is 10.4 Å². The molecule has 0 saturated carbocycles. The van der Waals surface area contributed by atoms with Gasteiger partial charge in [0.1, 0.15) is 0 Å². The van der Waals surface area contributed by atoms with Crippen molar-refractivity contribution in [2.75, 3.05) is 11.9 Å². The summed E-state index contributed by atoms with van der Waals surface area (Å²) in [4.78, 5) is 17.5. The Balaban J connectivity index is 2.30. The van der Waals surface area contributed by atoms with Crippen LogP contribution < -0.4 is 5.32 Å². The van der Waals surface area contributed by atoms with Crippen LogP contribution in [0.2, 0.25) is 10.0 Å². The molecule has 1 unspecified atom stereocenters. The number of esters is 1. The zero-order valence-corrected chi connectivity index (χ0v) is 21.8. The smallest absolute Gasteiger partial charge is 0.358 e. The van der Waals surface area contributed by atoms with E-state index >= 15 is 0 Å². The molecule has 0 bridgehead atoms. The van der Waals surface area contributed by atoms with Gasteiger partial charge in [0.05, 0.1) is 18.3 Å². The number of benzene rings is 2. The van der Waals surface area contributed by atoms with Crippen molar-refractivity contribution in [3.63, 3.8) is 0 Å². The zero-order valence-electron chi connectivity index (χ0n) is 18.7. The van der Waals surface area contributed by atoms with Crippen molar-refractivity contribution in [3.8, 4) is 0 Å². The number of carbonyl (C=O) groups is 1. The van der Waals surface area contributed by atoms with Gasteiger partial charge >= 0.3 is 5.97 Å². The maximum absolute atomic E-state index is 12.9. The van der Waals surface area contributed by atoms with Crippen LogP contribution in [0, 0.1) is 13.8 Å². The number of aromatic nitrogens is 2. The van der Waals surface area contributed by atoms with E-state index in [4.69, 9.17) is 27.9 Å². The molecule has 2 aromatic carbocycles. The lowest BCUT2D eigenvalue weighted by atomic mass is 9.96. The molecular formula is C24H26BrCl2N3O2. The van der Waals surface area contributed by atoms with Crippen molar-refractivity contribution in [1.82, 2.24) is 9.55 Å². The Bertz CT molecular complexity index is 1140. The first-order valence-corrected chi connectivity index (χ1v) is 11.9. The molecule has 0 saturated heterocycles. The van der Waals surface area contributed by atoms with Gasteiger partial charge in [-0.2, -0.15) is 0 Å². The summed E-state index contributed by atoms with van der Waals surface area (Å²) in [7, 11) is 0. The van der Waals surface area contributed by atoms with Gasteiger partial charge in [-0.3, -0.25) is 0 Å². The molecule has 1 N–H and O–H groups in total. The van der Waals surface area contributed by atoms with Crippen molar-refractivity contribution in [3.05, 3.63) is 79.3 Å². The molecule has 32 heavy (non-hydrogen) atoms. The Kier molecular flexibility index (Phi) is 7.91. The monoisotopic (exact) mass is 537 g/mol. The number of nitrogens with one attached hydrogen (secondary N) is 1. The third-order valence-corrected chi connectivity index (χ3v) is 6.24. The molecule has 3 aromatic rings. The number of anilines is 1. The van der Waals surface area contributed by atoms with Gasteiger partial charge in [0.2, 0.25) is 0 Å². The van der Waals surface area contributed by atoms with Crippen molar-refractivity contribution in [1.29, 1.82) is 0 Å². The van der Waals surface area contributed by atoms with Gasteiger partial charge in [-0.25, -0.2) is 9.78 Å². The van der Waals surface area contributed by atoms with Crippen molar-refractivity contribution >= 4 is 50.8 Å². The number of nitrogens with zero attached hydrogens (tertiary/aromatic N) is 2. The fourth-order valence-corrected chi connectivity index (χ4v) is 4.87. The van der Waals surface area contributed by atoms with E-state index in [1.165, 1.54) is 0 Å². The van der Waals surface area contributed by atoms with E-state index in [0.717, 1.165) is 22.4 Å². The molecule has 0 amide bonds. The first-order chi connectivity index (χ1) is 15.1. The van der Waals surface area contributed by atoms with Gasteiger partial charge in [0, 0.05) is 21.8 Å². The molecule has 1 aromatic heterocycles. The predicted molar refractivity (Wildman–Crippen MR) is 134 cm³/mol. The number of hydrogen-bond donors (Lipinski definition) is 1. The highest BCUT2D eigenvalue weighted by Gasteiger charge is 2.31.